The monoisotopic (exact) mass is 565 g/mol. The van der Waals surface area contributed by atoms with E-state index in [1.165, 1.54) is 6.07 Å². The van der Waals surface area contributed by atoms with Crippen LogP contribution in [0.25, 0.3) is 22.6 Å². The number of ether oxygens (including phenoxy) is 2. The van der Waals surface area contributed by atoms with Crippen LogP contribution in [0, 0.1) is 0 Å². The van der Waals surface area contributed by atoms with Gasteiger partial charge in [-0.15, -0.1) is 0 Å². The molecule has 0 bridgehead atoms. The molecule has 3 aromatic carbocycles. The molecule has 0 spiro atoms. The summed E-state index contributed by atoms with van der Waals surface area (Å²) in [5.41, 5.74) is 3.79. The quantitative estimate of drug-likeness (QED) is 0.163. The van der Waals surface area contributed by atoms with Crippen LogP contribution < -0.4 is 14.8 Å². The third-order valence-electron chi connectivity index (χ3n) is 6.59. The van der Waals surface area contributed by atoms with Crippen molar-refractivity contribution in [2.45, 2.75) is 39.9 Å². The van der Waals surface area contributed by atoms with E-state index < -0.39 is 5.91 Å². The Bertz CT molecular complexity index is 1660. The van der Waals surface area contributed by atoms with E-state index in [0.717, 1.165) is 16.7 Å². The number of amides is 1. The number of aromatic nitrogens is 2. The third-order valence-corrected chi connectivity index (χ3v) is 6.59. The van der Waals surface area contributed by atoms with Gasteiger partial charge in [0.25, 0.3) is 5.91 Å². The van der Waals surface area contributed by atoms with Gasteiger partial charge in [-0.05, 0) is 35.6 Å². The normalized spacial score (nSPS) is 11.0. The van der Waals surface area contributed by atoms with E-state index in [-0.39, 0.29) is 41.0 Å². The molecular formula is C33H31N3O6. The molecular weight excluding hydrogens is 534 g/mol. The van der Waals surface area contributed by atoms with Crippen molar-refractivity contribution in [2.24, 2.45) is 0 Å². The smallest absolute Gasteiger partial charge is 0.274 e. The molecule has 0 radical (unpaired) electrons. The number of hydrogen-bond donors (Lipinski definition) is 1. The molecule has 214 valence electrons. The lowest BCUT2D eigenvalue weighted by molar-refractivity contribution is 0.0947. The topological polar surface area (TPSA) is 117 Å². The number of hydrogen-bond acceptors (Lipinski definition) is 8. The van der Waals surface area contributed by atoms with Crippen molar-refractivity contribution < 1.29 is 28.1 Å². The zero-order valence-electron chi connectivity index (χ0n) is 23.6. The first kappa shape index (κ1) is 28.4. The van der Waals surface area contributed by atoms with Crippen LogP contribution in [0.4, 0.5) is 0 Å². The van der Waals surface area contributed by atoms with Crippen molar-refractivity contribution >= 4 is 12.2 Å². The van der Waals surface area contributed by atoms with Crippen LogP contribution in [0.3, 0.4) is 0 Å². The summed E-state index contributed by atoms with van der Waals surface area (Å²) in [5.74, 6) is 1.14. The van der Waals surface area contributed by atoms with E-state index in [2.05, 4.69) is 29.5 Å². The minimum absolute atomic E-state index is 0.00459. The number of rotatable bonds is 12. The van der Waals surface area contributed by atoms with Crippen molar-refractivity contribution in [3.05, 3.63) is 107 Å². The first-order chi connectivity index (χ1) is 20.5. The number of carbonyl (C=O) groups is 2. The largest absolute Gasteiger partial charge is 0.488 e. The first-order valence-electron chi connectivity index (χ1n) is 13.7. The van der Waals surface area contributed by atoms with E-state index in [9.17, 15) is 9.59 Å². The summed E-state index contributed by atoms with van der Waals surface area (Å²) in [6.45, 7) is 6.96. The zero-order chi connectivity index (χ0) is 29.5. The number of nitrogens with one attached hydrogen (secondary N) is 1. The van der Waals surface area contributed by atoms with Gasteiger partial charge in [0.2, 0.25) is 0 Å². The van der Waals surface area contributed by atoms with Crippen LogP contribution in [0.2, 0.25) is 0 Å². The lowest BCUT2D eigenvalue weighted by Gasteiger charge is -2.19. The van der Waals surface area contributed by atoms with Crippen LogP contribution in [0.15, 0.2) is 87.9 Å². The fraction of sp³-hybridized carbons (Fsp3) is 0.212. The number of benzene rings is 3. The predicted molar refractivity (Wildman–Crippen MR) is 156 cm³/mol. The molecule has 42 heavy (non-hydrogen) atoms. The Morgan fingerprint density at radius 1 is 0.881 bits per heavy atom. The van der Waals surface area contributed by atoms with Crippen LogP contribution in [-0.4, -0.2) is 29.1 Å². The van der Waals surface area contributed by atoms with Crippen LogP contribution >= 0.6 is 0 Å². The molecule has 0 aliphatic heterocycles. The Morgan fingerprint density at radius 2 is 1.52 bits per heavy atom. The highest BCUT2D eigenvalue weighted by Gasteiger charge is 2.30. The van der Waals surface area contributed by atoms with Gasteiger partial charge in [0.1, 0.15) is 36.0 Å². The summed E-state index contributed by atoms with van der Waals surface area (Å²) in [4.78, 5) is 24.4. The van der Waals surface area contributed by atoms with E-state index in [4.69, 9.17) is 18.5 Å². The Kier molecular flexibility index (Phi) is 8.77. The van der Waals surface area contributed by atoms with E-state index in [0.29, 0.717) is 36.5 Å². The summed E-state index contributed by atoms with van der Waals surface area (Å²) in [6.07, 6.45) is 0.566. The van der Waals surface area contributed by atoms with E-state index in [1.807, 2.05) is 72.8 Å². The number of aldehydes is 1. The van der Waals surface area contributed by atoms with Gasteiger partial charge < -0.3 is 23.8 Å². The lowest BCUT2D eigenvalue weighted by atomic mass is 9.95. The summed E-state index contributed by atoms with van der Waals surface area (Å²) in [5, 5.41) is 10.6. The van der Waals surface area contributed by atoms with Crippen molar-refractivity contribution in [1.82, 2.24) is 15.6 Å². The lowest BCUT2D eigenvalue weighted by Crippen LogP contribution is -2.23. The van der Waals surface area contributed by atoms with Crippen LogP contribution in [0.1, 0.15) is 64.4 Å². The fourth-order valence-electron chi connectivity index (χ4n) is 4.49. The first-order valence-corrected chi connectivity index (χ1v) is 13.7. The predicted octanol–water partition coefficient (Wildman–Crippen LogP) is 6.84. The van der Waals surface area contributed by atoms with Crippen molar-refractivity contribution in [3.8, 4) is 34.1 Å². The average Bonchev–Trinajstić information content (AvgIpc) is 3.67. The molecule has 0 aliphatic carbocycles. The van der Waals surface area contributed by atoms with Gasteiger partial charge in [0.15, 0.2) is 23.5 Å². The number of nitrogens with zero attached hydrogens (tertiary/aromatic N) is 2. The fourth-order valence-corrected chi connectivity index (χ4v) is 4.49. The molecule has 5 rings (SSSR count). The molecule has 2 aromatic heterocycles. The Morgan fingerprint density at radius 3 is 2.10 bits per heavy atom. The Hall–Kier alpha value is -5.18. The summed E-state index contributed by atoms with van der Waals surface area (Å²) in [6, 6.07) is 24.9. The summed E-state index contributed by atoms with van der Waals surface area (Å²) >= 11 is 0. The van der Waals surface area contributed by atoms with Crippen molar-refractivity contribution in [2.75, 3.05) is 6.54 Å². The van der Waals surface area contributed by atoms with Gasteiger partial charge in [-0.1, -0.05) is 84.8 Å². The van der Waals surface area contributed by atoms with E-state index >= 15 is 0 Å². The molecule has 2 heterocycles. The van der Waals surface area contributed by atoms with Gasteiger partial charge >= 0.3 is 0 Å². The maximum absolute atomic E-state index is 13.0. The van der Waals surface area contributed by atoms with Gasteiger partial charge in [0.05, 0.1) is 5.56 Å². The average molecular weight is 566 g/mol. The molecule has 0 aliphatic rings. The minimum atomic E-state index is -0.454. The molecule has 9 heteroatoms. The highest BCUT2D eigenvalue weighted by atomic mass is 16.5. The Balaban J connectivity index is 1.65. The zero-order valence-corrected chi connectivity index (χ0v) is 23.6. The van der Waals surface area contributed by atoms with Gasteiger partial charge in [-0.25, -0.2) is 0 Å². The highest BCUT2D eigenvalue weighted by Crippen LogP contribution is 2.44. The van der Waals surface area contributed by atoms with Gasteiger partial charge in [0, 0.05) is 18.7 Å². The maximum atomic E-state index is 13.0. The molecule has 0 fully saturated rings. The molecule has 1 amide bonds. The Labute approximate surface area is 243 Å². The second-order valence-corrected chi connectivity index (χ2v) is 9.92. The molecule has 0 atom stereocenters. The SMILES string of the molecule is CCNC(=O)c1noc(-c2cc(C(C)C)c(OCc3ccccc3)cc2OCc2ccccc2)c1-c1cc(C=O)no1. The van der Waals surface area contributed by atoms with Gasteiger partial charge in [-0.2, -0.15) is 0 Å². The van der Waals surface area contributed by atoms with E-state index in [1.54, 1.807) is 6.92 Å². The summed E-state index contributed by atoms with van der Waals surface area (Å²) < 4.78 is 24.0. The molecule has 9 nitrogen and oxygen atoms in total. The molecule has 1 N–H and O–H groups in total. The second kappa shape index (κ2) is 13.0. The minimum Gasteiger partial charge on any atom is -0.488 e. The standard InChI is InChI=1S/C33H31N3O6/c1-4-34-33(38)31-30(29-15-24(18-37)35-41-29)32(42-36-31)26-16-25(21(2)3)27(39-19-22-11-7-5-8-12-22)17-28(26)40-20-23-13-9-6-10-14-23/h5-18,21H,4,19-20H2,1-3H3,(H,34,38). The number of carbonyl (C=O) groups excluding carboxylic acids is 2. The molecule has 5 aromatic rings. The van der Waals surface area contributed by atoms with Crippen molar-refractivity contribution in [3.63, 3.8) is 0 Å². The molecule has 0 saturated carbocycles. The molecule has 0 unspecified atom stereocenters. The van der Waals surface area contributed by atoms with Crippen molar-refractivity contribution in [1.29, 1.82) is 0 Å². The van der Waals surface area contributed by atoms with Crippen LogP contribution in [0.5, 0.6) is 11.5 Å². The highest BCUT2D eigenvalue weighted by molar-refractivity contribution is 6.02. The third kappa shape index (κ3) is 6.25. The summed E-state index contributed by atoms with van der Waals surface area (Å²) in [7, 11) is 0. The van der Waals surface area contributed by atoms with Gasteiger partial charge in [-0.3, -0.25) is 9.59 Å². The van der Waals surface area contributed by atoms with Crippen LogP contribution in [-0.2, 0) is 13.2 Å². The second-order valence-electron chi connectivity index (χ2n) is 9.92. The maximum Gasteiger partial charge on any atom is 0.274 e. The molecule has 0 saturated heterocycles.